The van der Waals surface area contributed by atoms with Crippen molar-refractivity contribution in [2.75, 3.05) is 19.8 Å². The van der Waals surface area contributed by atoms with Gasteiger partial charge in [-0.1, -0.05) is 6.07 Å². The summed E-state index contributed by atoms with van der Waals surface area (Å²) in [6, 6.07) is 5.90. The smallest absolute Gasteiger partial charge is 0.161 e. The van der Waals surface area contributed by atoms with E-state index in [1.807, 2.05) is 18.2 Å². The molecule has 1 aliphatic heterocycles. The first-order chi connectivity index (χ1) is 7.75. The molecule has 0 spiro atoms. The van der Waals surface area contributed by atoms with Crippen LogP contribution >= 0.6 is 0 Å². The van der Waals surface area contributed by atoms with E-state index in [9.17, 15) is 0 Å². The number of hydrogen-bond donors (Lipinski definition) is 2. The molecule has 4 heteroatoms. The van der Waals surface area contributed by atoms with Crippen molar-refractivity contribution in [3.63, 3.8) is 0 Å². The van der Waals surface area contributed by atoms with Crippen LogP contribution in [0.1, 0.15) is 12.5 Å². The van der Waals surface area contributed by atoms with E-state index in [-0.39, 0.29) is 6.10 Å². The van der Waals surface area contributed by atoms with Crippen LogP contribution in [0, 0.1) is 0 Å². The molecular formula is C12H17NO3. The topological polar surface area (TPSA) is 50.7 Å². The van der Waals surface area contributed by atoms with Crippen LogP contribution in [0.2, 0.25) is 0 Å². The molecule has 88 valence electrons. The third-order valence-electron chi connectivity index (χ3n) is 2.38. The van der Waals surface area contributed by atoms with E-state index >= 15 is 0 Å². The summed E-state index contributed by atoms with van der Waals surface area (Å²) in [4.78, 5) is 0. The molecule has 1 heterocycles. The van der Waals surface area contributed by atoms with E-state index < -0.39 is 0 Å². The molecule has 0 fully saturated rings. The Kier molecular flexibility index (Phi) is 3.64. The molecule has 1 aliphatic rings. The van der Waals surface area contributed by atoms with E-state index in [0.717, 1.165) is 23.6 Å². The van der Waals surface area contributed by atoms with Crippen LogP contribution in [0.4, 0.5) is 0 Å². The molecule has 2 N–H and O–H groups in total. The molecule has 0 saturated carbocycles. The zero-order valence-electron chi connectivity index (χ0n) is 9.40. The molecule has 0 amide bonds. The molecule has 2 rings (SSSR count). The van der Waals surface area contributed by atoms with Crippen LogP contribution in [0.5, 0.6) is 11.5 Å². The number of fused-ring (bicyclic) bond motifs is 1. The van der Waals surface area contributed by atoms with Gasteiger partial charge >= 0.3 is 0 Å². The van der Waals surface area contributed by atoms with E-state index in [4.69, 9.17) is 14.6 Å². The molecule has 0 radical (unpaired) electrons. The lowest BCUT2D eigenvalue weighted by molar-refractivity contribution is 0.171. The van der Waals surface area contributed by atoms with Gasteiger partial charge in [0.1, 0.15) is 13.2 Å². The van der Waals surface area contributed by atoms with Gasteiger partial charge < -0.3 is 19.9 Å². The second-order valence-corrected chi connectivity index (χ2v) is 3.96. The molecule has 4 nitrogen and oxygen atoms in total. The fourth-order valence-electron chi connectivity index (χ4n) is 1.62. The van der Waals surface area contributed by atoms with Gasteiger partial charge in [-0.15, -0.1) is 0 Å². The maximum Gasteiger partial charge on any atom is 0.161 e. The molecule has 1 atom stereocenters. The van der Waals surface area contributed by atoms with Crippen LogP contribution in [0.15, 0.2) is 18.2 Å². The zero-order valence-corrected chi connectivity index (χ0v) is 9.40. The summed E-state index contributed by atoms with van der Waals surface area (Å²) in [6.45, 7) is 4.30. The largest absolute Gasteiger partial charge is 0.486 e. The summed E-state index contributed by atoms with van der Waals surface area (Å²) in [6.07, 6.45) is -0.322. The third kappa shape index (κ3) is 2.87. The number of aliphatic hydroxyl groups is 1. The van der Waals surface area contributed by atoms with E-state index in [2.05, 4.69) is 5.32 Å². The van der Waals surface area contributed by atoms with Crippen molar-refractivity contribution in [2.24, 2.45) is 0 Å². The number of aliphatic hydroxyl groups excluding tert-OH is 1. The Hall–Kier alpha value is -1.26. The van der Waals surface area contributed by atoms with Gasteiger partial charge in [0.2, 0.25) is 0 Å². The van der Waals surface area contributed by atoms with Crippen molar-refractivity contribution < 1.29 is 14.6 Å². The van der Waals surface area contributed by atoms with Crippen LogP contribution < -0.4 is 14.8 Å². The van der Waals surface area contributed by atoms with Gasteiger partial charge in [0.15, 0.2) is 11.5 Å². The lowest BCUT2D eigenvalue weighted by Gasteiger charge is -2.19. The highest BCUT2D eigenvalue weighted by atomic mass is 16.6. The summed E-state index contributed by atoms with van der Waals surface area (Å²) < 4.78 is 10.9. The molecule has 1 unspecified atom stereocenters. The highest BCUT2D eigenvalue weighted by Crippen LogP contribution is 2.30. The Bertz CT molecular complexity index is 352. The standard InChI is InChI=1S/C12H17NO3/c1-9(14)7-13-8-10-2-3-11-12(6-10)16-5-4-15-11/h2-3,6,9,13-14H,4-5,7-8H2,1H3. The lowest BCUT2D eigenvalue weighted by Crippen LogP contribution is -2.24. The first-order valence-electron chi connectivity index (χ1n) is 5.53. The predicted molar refractivity (Wildman–Crippen MR) is 60.8 cm³/mol. The van der Waals surface area contributed by atoms with Crippen LogP contribution in [-0.2, 0) is 6.54 Å². The fraction of sp³-hybridized carbons (Fsp3) is 0.500. The van der Waals surface area contributed by atoms with Gasteiger partial charge in [-0.2, -0.15) is 0 Å². The molecule has 0 bridgehead atoms. The average molecular weight is 223 g/mol. The predicted octanol–water partition coefficient (Wildman–Crippen LogP) is 0.928. The van der Waals surface area contributed by atoms with Crippen LogP contribution in [-0.4, -0.2) is 31.0 Å². The quantitative estimate of drug-likeness (QED) is 0.797. The van der Waals surface area contributed by atoms with Gasteiger partial charge in [-0.25, -0.2) is 0 Å². The number of nitrogens with one attached hydrogen (secondary N) is 1. The highest BCUT2D eigenvalue weighted by Gasteiger charge is 2.11. The molecule has 1 aromatic rings. The van der Waals surface area contributed by atoms with Crippen molar-refractivity contribution in [3.05, 3.63) is 23.8 Å². The number of hydrogen-bond acceptors (Lipinski definition) is 4. The minimum atomic E-state index is -0.322. The maximum atomic E-state index is 9.12. The first kappa shape index (κ1) is 11.2. The summed E-state index contributed by atoms with van der Waals surface area (Å²) >= 11 is 0. The molecular weight excluding hydrogens is 206 g/mol. The number of benzene rings is 1. The minimum absolute atomic E-state index is 0.322. The zero-order chi connectivity index (χ0) is 11.4. The fourth-order valence-corrected chi connectivity index (χ4v) is 1.62. The van der Waals surface area contributed by atoms with Gasteiger partial charge in [0, 0.05) is 13.1 Å². The molecule has 0 aromatic heterocycles. The molecule has 1 aromatic carbocycles. The number of rotatable bonds is 4. The summed E-state index contributed by atoms with van der Waals surface area (Å²) in [5.74, 6) is 1.62. The van der Waals surface area contributed by atoms with Crippen LogP contribution in [0.25, 0.3) is 0 Å². The Morgan fingerprint density at radius 3 is 2.81 bits per heavy atom. The monoisotopic (exact) mass is 223 g/mol. The summed E-state index contributed by atoms with van der Waals surface area (Å²) in [5, 5.41) is 12.3. The molecule has 16 heavy (non-hydrogen) atoms. The Morgan fingerprint density at radius 2 is 2.06 bits per heavy atom. The molecule has 0 saturated heterocycles. The van der Waals surface area contributed by atoms with Gasteiger partial charge in [0.05, 0.1) is 6.10 Å². The van der Waals surface area contributed by atoms with Crippen molar-refractivity contribution in [1.29, 1.82) is 0 Å². The highest BCUT2D eigenvalue weighted by molar-refractivity contribution is 5.43. The third-order valence-corrected chi connectivity index (χ3v) is 2.38. The number of ether oxygens (including phenoxy) is 2. The summed E-state index contributed by atoms with van der Waals surface area (Å²) in [5.41, 5.74) is 1.13. The van der Waals surface area contributed by atoms with Crippen molar-refractivity contribution in [3.8, 4) is 11.5 Å². The average Bonchev–Trinajstić information content (AvgIpc) is 2.28. The van der Waals surface area contributed by atoms with Crippen molar-refractivity contribution >= 4 is 0 Å². The Morgan fingerprint density at radius 1 is 1.31 bits per heavy atom. The maximum absolute atomic E-state index is 9.12. The van der Waals surface area contributed by atoms with Gasteiger partial charge in [0.25, 0.3) is 0 Å². The Balaban J connectivity index is 1.95. The van der Waals surface area contributed by atoms with E-state index in [1.165, 1.54) is 0 Å². The van der Waals surface area contributed by atoms with Gasteiger partial charge in [-0.05, 0) is 24.6 Å². The van der Waals surface area contributed by atoms with E-state index in [1.54, 1.807) is 6.92 Å². The Labute approximate surface area is 95.2 Å². The second-order valence-electron chi connectivity index (χ2n) is 3.96. The minimum Gasteiger partial charge on any atom is -0.486 e. The lowest BCUT2D eigenvalue weighted by atomic mass is 10.2. The SMILES string of the molecule is CC(O)CNCc1ccc2c(c1)OCCO2. The van der Waals surface area contributed by atoms with Crippen molar-refractivity contribution in [1.82, 2.24) is 5.32 Å². The first-order valence-corrected chi connectivity index (χ1v) is 5.53. The van der Waals surface area contributed by atoms with E-state index in [0.29, 0.717) is 19.8 Å². The van der Waals surface area contributed by atoms with Crippen molar-refractivity contribution in [2.45, 2.75) is 19.6 Å². The van der Waals surface area contributed by atoms with Crippen LogP contribution in [0.3, 0.4) is 0 Å². The normalized spacial score (nSPS) is 15.9. The summed E-state index contributed by atoms with van der Waals surface area (Å²) in [7, 11) is 0. The van der Waals surface area contributed by atoms with Gasteiger partial charge in [-0.3, -0.25) is 0 Å². The molecule has 0 aliphatic carbocycles. The second kappa shape index (κ2) is 5.18.